The largest absolute Gasteiger partial charge is 0.310 e. The van der Waals surface area contributed by atoms with Crippen LogP contribution in [0, 0.1) is 17.1 Å². The molecule has 1 aliphatic rings. The van der Waals surface area contributed by atoms with Crippen LogP contribution >= 0.6 is 0 Å². The Balaban J connectivity index is 1.58. The van der Waals surface area contributed by atoms with Crippen molar-refractivity contribution in [2.45, 2.75) is 6.42 Å². The first-order valence-electron chi connectivity index (χ1n) is 10.3. The van der Waals surface area contributed by atoms with E-state index in [1.807, 2.05) is 41.3 Å². The third-order valence-corrected chi connectivity index (χ3v) is 6.73. The summed E-state index contributed by atoms with van der Waals surface area (Å²) in [6, 6.07) is 16.8. The van der Waals surface area contributed by atoms with Crippen molar-refractivity contribution < 1.29 is 17.6 Å². The van der Waals surface area contributed by atoms with Gasteiger partial charge < -0.3 is 4.90 Å². The molecule has 2 aromatic carbocycles. The Morgan fingerprint density at radius 1 is 1.06 bits per heavy atom. The first kappa shape index (κ1) is 23.6. The number of amides is 1. The summed E-state index contributed by atoms with van der Waals surface area (Å²) < 4.78 is 39.9. The first-order valence-corrected chi connectivity index (χ1v) is 11.8. The molecule has 0 radical (unpaired) electrons. The van der Waals surface area contributed by atoms with Gasteiger partial charge in [-0.05, 0) is 35.9 Å². The highest BCUT2D eigenvalue weighted by Crippen LogP contribution is 2.17. The standard InChI is InChI=1S/C23H25FN4O3S/c24-21-7-9-22(10-8-21)28(13-4-12-25)23(29)19-26-14-16-27(17-15-26)32(30,31)18-11-20-5-2-1-3-6-20/h1-3,5-11,18H,4,13-17,19H2. The minimum absolute atomic E-state index is 0.0938. The van der Waals surface area contributed by atoms with Crippen molar-refractivity contribution in [1.29, 1.82) is 5.26 Å². The summed E-state index contributed by atoms with van der Waals surface area (Å²) in [6.45, 7) is 1.70. The maximum atomic E-state index is 13.2. The van der Waals surface area contributed by atoms with E-state index in [0.717, 1.165) is 5.56 Å². The second-order valence-corrected chi connectivity index (χ2v) is 9.18. The number of benzene rings is 2. The van der Waals surface area contributed by atoms with E-state index < -0.39 is 15.8 Å². The number of sulfonamides is 1. The van der Waals surface area contributed by atoms with E-state index in [4.69, 9.17) is 5.26 Å². The van der Waals surface area contributed by atoms with E-state index in [9.17, 15) is 17.6 Å². The molecular formula is C23H25FN4O3S. The van der Waals surface area contributed by atoms with Crippen molar-refractivity contribution in [3.8, 4) is 6.07 Å². The van der Waals surface area contributed by atoms with Gasteiger partial charge >= 0.3 is 0 Å². The van der Waals surface area contributed by atoms with Gasteiger partial charge in [0.15, 0.2) is 0 Å². The molecule has 0 bridgehead atoms. The summed E-state index contributed by atoms with van der Waals surface area (Å²) in [4.78, 5) is 16.2. The van der Waals surface area contributed by atoms with Crippen molar-refractivity contribution in [2.75, 3.05) is 44.2 Å². The van der Waals surface area contributed by atoms with Crippen LogP contribution in [0.15, 0.2) is 60.0 Å². The Bertz CT molecular complexity index is 1070. The van der Waals surface area contributed by atoms with Gasteiger partial charge in [0.05, 0.1) is 19.0 Å². The van der Waals surface area contributed by atoms with Gasteiger partial charge in [-0.3, -0.25) is 9.69 Å². The molecule has 0 atom stereocenters. The first-order chi connectivity index (χ1) is 15.4. The quantitative estimate of drug-likeness (QED) is 0.610. The number of nitriles is 1. The van der Waals surface area contributed by atoms with Crippen LogP contribution < -0.4 is 4.90 Å². The van der Waals surface area contributed by atoms with Crippen LogP contribution in [0.2, 0.25) is 0 Å². The molecule has 0 N–H and O–H groups in total. The number of carbonyl (C=O) groups is 1. The zero-order chi connectivity index (χ0) is 23.0. The fraction of sp³-hybridized carbons (Fsp3) is 0.304. The SMILES string of the molecule is N#CCCN(C(=O)CN1CCN(S(=O)(=O)C=Cc2ccccc2)CC1)c1ccc(F)cc1. The molecule has 32 heavy (non-hydrogen) atoms. The lowest BCUT2D eigenvalue weighted by atomic mass is 10.2. The Morgan fingerprint density at radius 3 is 2.34 bits per heavy atom. The van der Waals surface area contributed by atoms with Crippen molar-refractivity contribution in [3.05, 3.63) is 71.4 Å². The number of rotatable bonds is 8. The summed E-state index contributed by atoms with van der Waals surface area (Å²) in [5.74, 6) is -0.618. The van der Waals surface area contributed by atoms with Crippen LogP contribution in [-0.4, -0.2) is 62.8 Å². The summed E-state index contributed by atoms with van der Waals surface area (Å²) in [7, 11) is -3.55. The Kier molecular flexibility index (Phi) is 8.11. The highest BCUT2D eigenvalue weighted by molar-refractivity contribution is 7.92. The molecule has 3 rings (SSSR count). The molecule has 0 aliphatic carbocycles. The summed E-state index contributed by atoms with van der Waals surface area (Å²) in [5, 5.41) is 10.1. The molecule has 1 saturated heterocycles. The van der Waals surface area contributed by atoms with Gasteiger partial charge in [-0.15, -0.1) is 0 Å². The van der Waals surface area contributed by atoms with E-state index in [0.29, 0.717) is 18.8 Å². The smallest absolute Gasteiger partial charge is 0.241 e. The third kappa shape index (κ3) is 6.47. The van der Waals surface area contributed by atoms with Crippen molar-refractivity contribution in [2.24, 2.45) is 0 Å². The van der Waals surface area contributed by atoms with E-state index in [1.165, 1.54) is 38.9 Å². The number of hydrogen-bond acceptors (Lipinski definition) is 5. The van der Waals surface area contributed by atoms with Gasteiger partial charge in [0.1, 0.15) is 5.82 Å². The molecule has 0 aromatic heterocycles. The maximum absolute atomic E-state index is 13.2. The topological polar surface area (TPSA) is 84.7 Å². The highest BCUT2D eigenvalue weighted by Gasteiger charge is 2.27. The average molecular weight is 457 g/mol. The van der Waals surface area contributed by atoms with Crippen LogP contribution in [0.25, 0.3) is 6.08 Å². The molecule has 7 nitrogen and oxygen atoms in total. The predicted molar refractivity (Wildman–Crippen MR) is 121 cm³/mol. The van der Waals surface area contributed by atoms with E-state index in [2.05, 4.69) is 0 Å². The van der Waals surface area contributed by atoms with Crippen LogP contribution in [0.5, 0.6) is 0 Å². The van der Waals surface area contributed by atoms with E-state index in [1.54, 1.807) is 6.08 Å². The number of halogens is 1. The van der Waals surface area contributed by atoms with E-state index in [-0.39, 0.29) is 38.5 Å². The molecule has 9 heteroatoms. The Labute approximate surface area is 188 Å². The van der Waals surface area contributed by atoms with Crippen LogP contribution in [-0.2, 0) is 14.8 Å². The minimum atomic E-state index is -3.55. The lowest BCUT2D eigenvalue weighted by molar-refractivity contribution is -0.120. The van der Waals surface area contributed by atoms with Gasteiger partial charge in [0, 0.05) is 43.8 Å². The third-order valence-electron chi connectivity index (χ3n) is 5.17. The lowest BCUT2D eigenvalue weighted by Crippen LogP contribution is -2.51. The fourth-order valence-corrected chi connectivity index (χ4v) is 4.59. The molecule has 0 unspecified atom stereocenters. The molecule has 0 spiro atoms. The van der Waals surface area contributed by atoms with Gasteiger partial charge in [-0.1, -0.05) is 30.3 Å². The van der Waals surface area contributed by atoms with Crippen molar-refractivity contribution >= 4 is 27.7 Å². The van der Waals surface area contributed by atoms with Crippen molar-refractivity contribution in [3.63, 3.8) is 0 Å². The molecule has 1 heterocycles. The summed E-state index contributed by atoms with van der Waals surface area (Å²) in [5.41, 5.74) is 1.33. The maximum Gasteiger partial charge on any atom is 0.241 e. The highest BCUT2D eigenvalue weighted by atomic mass is 32.2. The monoisotopic (exact) mass is 456 g/mol. The van der Waals surface area contributed by atoms with Crippen molar-refractivity contribution in [1.82, 2.24) is 9.21 Å². The zero-order valence-electron chi connectivity index (χ0n) is 17.6. The van der Waals surface area contributed by atoms with Crippen LogP contribution in [0.1, 0.15) is 12.0 Å². The second kappa shape index (κ2) is 11.0. The predicted octanol–water partition coefficient (Wildman–Crippen LogP) is 2.69. The van der Waals surface area contributed by atoms with Crippen LogP contribution in [0.3, 0.4) is 0 Å². The van der Waals surface area contributed by atoms with E-state index >= 15 is 0 Å². The molecule has 1 aliphatic heterocycles. The lowest BCUT2D eigenvalue weighted by Gasteiger charge is -2.34. The van der Waals surface area contributed by atoms with Gasteiger partial charge in [0.25, 0.3) is 0 Å². The molecule has 2 aromatic rings. The second-order valence-electron chi connectivity index (χ2n) is 7.36. The number of piperazine rings is 1. The summed E-state index contributed by atoms with van der Waals surface area (Å²) in [6.07, 6.45) is 1.73. The number of carbonyl (C=O) groups excluding carboxylic acids is 1. The van der Waals surface area contributed by atoms with Gasteiger partial charge in [0.2, 0.25) is 15.9 Å². The molecule has 1 fully saturated rings. The van der Waals surface area contributed by atoms with Gasteiger partial charge in [-0.25, -0.2) is 12.8 Å². The van der Waals surface area contributed by atoms with Gasteiger partial charge in [-0.2, -0.15) is 9.57 Å². The Hall–Kier alpha value is -3.06. The normalized spacial score (nSPS) is 15.5. The molecule has 1 amide bonds. The number of nitrogens with zero attached hydrogens (tertiary/aromatic N) is 4. The zero-order valence-corrected chi connectivity index (χ0v) is 18.4. The summed E-state index contributed by atoms with van der Waals surface area (Å²) >= 11 is 0. The Morgan fingerprint density at radius 2 is 1.72 bits per heavy atom. The number of hydrogen-bond donors (Lipinski definition) is 0. The molecule has 0 saturated carbocycles. The average Bonchev–Trinajstić information content (AvgIpc) is 2.80. The van der Waals surface area contributed by atoms with Crippen LogP contribution in [0.4, 0.5) is 10.1 Å². The molecule has 168 valence electrons. The fourth-order valence-electron chi connectivity index (χ4n) is 3.41. The minimum Gasteiger partial charge on any atom is -0.310 e. The molecular weight excluding hydrogens is 431 g/mol. The number of anilines is 1.